The molecule has 11 unspecified atom stereocenters. The summed E-state index contributed by atoms with van der Waals surface area (Å²) in [5.41, 5.74) is -5.14. The van der Waals surface area contributed by atoms with Gasteiger partial charge in [-0.3, -0.25) is 40.7 Å². The molecule has 0 aliphatic carbocycles. The molecule has 21 nitrogen and oxygen atoms in total. The summed E-state index contributed by atoms with van der Waals surface area (Å²) in [6.07, 6.45) is 0.791. The van der Waals surface area contributed by atoms with Crippen molar-refractivity contribution >= 4 is 62.7 Å². The minimum Gasteiger partial charge on any atom is -0.397 e. The topological polar surface area (TPSA) is 310 Å². The third kappa shape index (κ3) is 25.7. The van der Waals surface area contributed by atoms with Crippen molar-refractivity contribution in [3.63, 3.8) is 0 Å². The molecule has 7 N–H and O–H groups in total. The van der Waals surface area contributed by atoms with Crippen LogP contribution in [0.2, 0.25) is 17.5 Å². The van der Waals surface area contributed by atoms with Gasteiger partial charge in [0.2, 0.25) is 0 Å². The Kier molecular flexibility index (Phi) is 25.0. The summed E-state index contributed by atoms with van der Waals surface area (Å²) < 4.78 is 109. The van der Waals surface area contributed by atoms with Gasteiger partial charge in [0.25, 0.3) is 0 Å². The molecule has 0 saturated carbocycles. The van der Waals surface area contributed by atoms with Crippen molar-refractivity contribution in [2.75, 3.05) is 39.6 Å². The predicted molar refractivity (Wildman–Crippen MR) is 223 cm³/mol. The molecular formula is C29H68B3O21P5. The second-order valence-electron chi connectivity index (χ2n) is 15.9. The molecule has 11 atom stereocenters. The van der Waals surface area contributed by atoms with Gasteiger partial charge >= 0.3 is 39.1 Å². The Hall–Kier alpha value is 0.705. The molecule has 0 heterocycles. The number of hydrogen-bond donors (Lipinski definition) is 7. The number of hydrogen-bond acceptors (Lipinski definition) is 15. The smallest absolute Gasteiger partial charge is 0.397 e. The first-order chi connectivity index (χ1) is 26.1. The van der Waals surface area contributed by atoms with E-state index in [9.17, 15) is 42.4 Å². The average molecular weight is 940 g/mol. The van der Waals surface area contributed by atoms with E-state index < -0.39 is 92.2 Å². The fraction of sp³-hybridized carbons (Fsp3) is 1.00. The third-order valence-electron chi connectivity index (χ3n) is 9.55. The van der Waals surface area contributed by atoms with E-state index in [0.29, 0.717) is 0 Å². The van der Waals surface area contributed by atoms with Crippen molar-refractivity contribution in [2.24, 2.45) is 0 Å². The van der Waals surface area contributed by atoms with Gasteiger partial charge in [0.1, 0.15) is 23.5 Å². The molecule has 344 valence electrons. The molecule has 0 fully saturated rings. The lowest BCUT2D eigenvalue weighted by Gasteiger charge is -2.34. The summed E-state index contributed by atoms with van der Waals surface area (Å²) in [7, 11) is -18.5. The molecule has 0 aromatic rings. The van der Waals surface area contributed by atoms with E-state index in [-0.39, 0.29) is 77.8 Å². The van der Waals surface area contributed by atoms with E-state index in [1.165, 1.54) is 13.8 Å². The van der Waals surface area contributed by atoms with Gasteiger partial charge in [0.15, 0.2) is 0 Å². The maximum Gasteiger partial charge on any atom is 0.472 e. The molecular weight excluding hydrogens is 872 g/mol. The van der Waals surface area contributed by atoms with Gasteiger partial charge < -0.3 is 34.5 Å². The summed E-state index contributed by atoms with van der Waals surface area (Å²) >= 11 is 0. The number of phosphoric ester groups is 5. The monoisotopic (exact) mass is 940 g/mol. The average Bonchev–Trinajstić information content (AvgIpc) is 3.07. The Balaban J connectivity index is 5.24. The highest BCUT2D eigenvalue weighted by Crippen LogP contribution is 2.55. The maximum atomic E-state index is 13.0. The molecule has 0 aliphatic heterocycles. The second-order valence-corrected chi connectivity index (χ2v) is 22.7. The highest BCUT2D eigenvalue weighted by atomic mass is 31.2. The zero-order valence-corrected chi connectivity index (χ0v) is 40.2. The molecule has 0 aliphatic rings. The molecule has 0 aromatic heterocycles. The molecule has 58 heavy (non-hydrogen) atoms. The predicted octanol–water partition coefficient (Wildman–Crippen LogP) is 4.12. The van der Waals surface area contributed by atoms with E-state index >= 15 is 0 Å². The van der Waals surface area contributed by atoms with E-state index in [1.54, 1.807) is 65.1 Å². The Bertz CT molecular complexity index is 1480. The summed E-state index contributed by atoms with van der Waals surface area (Å²) in [6.45, 7) is 10.9. The molecule has 0 bridgehead atoms. The summed E-state index contributed by atoms with van der Waals surface area (Å²) in [6, 6.07) is 0. The van der Waals surface area contributed by atoms with Gasteiger partial charge in [-0.1, -0.05) is 27.7 Å². The van der Waals surface area contributed by atoms with E-state index in [0.717, 1.165) is 0 Å². The Morgan fingerprint density at radius 1 is 0.466 bits per heavy atom. The highest BCUT2D eigenvalue weighted by molar-refractivity contribution is 7.48. The van der Waals surface area contributed by atoms with Crippen LogP contribution in [0.1, 0.15) is 107 Å². The lowest BCUT2D eigenvalue weighted by Crippen LogP contribution is -2.32. The maximum absolute atomic E-state index is 13.0. The lowest BCUT2D eigenvalue weighted by molar-refractivity contribution is -0.00812. The SMILES string of the molecule is BC(CO)COP(=O)(O)OC(C)(CC)CCOP(=O)(O)OC(C)(CC)CC(B)COP(=O)(O)OC(C)(CC)CCOP(=O)(O)OC(C)(CC)CC(B)COP(=O)(O)O. The van der Waals surface area contributed by atoms with Crippen molar-refractivity contribution in [1.82, 2.24) is 0 Å². The molecule has 0 aromatic carbocycles. The van der Waals surface area contributed by atoms with Gasteiger partial charge in [-0.15, -0.1) is 0 Å². The summed E-state index contributed by atoms with van der Waals surface area (Å²) in [5.74, 6) is -1.39. The van der Waals surface area contributed by atoms with Crippen molar-refractivity contribution < 1.29 is 98.0 Å². The van der Waals surface area contributed by atoms with Crippen LogP contribution in [0.5, 0.6) is 0 Å². The van der Waals surface area contributed by atoms with Gasteiger partial charge in [-0.2, -0.15) is 0 Å². The van der Waals surface area contributed by atoms with Crippen LogP contribution in [0.25, 0.3) is 0 Å². The third-order valence-corrected chi connectivity index (χ3v) is 14.7. The van der Waals surface area contributed by atoms with Crippen LogP contribution in [-0.4, -0.2) is 120 Å². The largest absolute Gasteiger partial charge is 0.472 e. The number of phosphoric acid groups is 5. The fourth-order valence-corrected chi connectivity index (χ4v) is 10.6. The molecule has 29 heteroatoms. The van der Waals surface area contributed by atoms with E-state index in [1.807, 2.05) is 0 Å². The Morgan fingerprint density at radius 3 is 1.03 bits per heavy atom. The van der Waals surface area contributed by atoms with Gasteiger partial charge in [0, 0.05) is 19.4 Å². The first-order valence-electron chi connectivity index (χ1n) is 19.2. The van der Waals surface area contributed by atoms with Gasteiger partial charge in [0.05, 0.1) is 55.4 Å². The number of aliphatic hydroxyl groups is 1. The first kappa shape index (κ1) is 58.7. The van der Waals surface area contributed by atoms with E-state index in [4.69, 9.17) is 51.1 Å². The summed E-state index contributed by atoms with van der Waals surface area (Å²) in [5, 5.41) is 9.12. The van der Waals surface area contributed by atoms with Crippen LogP contribution in [0.3, 0.4) is 0 Å². The highest BCUT2D eigenvalue weighted by Gasteiger charge is 2.41. The minimum atomic E-state index is -4.74. The van der Waals surface area contributed by atoms with Crippen LogP contribution in [0.4, 0.5) is 0 Å². The molecule has 0 spiro atoms. The molecule has 0 saturated heterocycles. The van der Waals surface area contributed by atoms with Crippen LogP contribution in [0, 0.1) is 0 Å². The Morgan fingerprint density at radius 2 is 0.741 bits per heavy atom. The van der Waals surface area contributed by atoms with Crippen molar-refractivity contribution in [3.05, 3.63) is 0 Å². The normalized spacial score (nSPS) is 22.7. The lowest BCUT2D eigenvalue weighted by atomic mass is 9.78. The molecule has 0 radical (unpaired) electrons. The second kappa shape index (κ2) is 24.7. The zero-order valence-electron chi connectivity index (χ0n) is 35.7. The quantitative estimate of drug-likeness (QED) is 0.0352. The molecule has 0 rings (SSSR count). The van der Waals surface area contributed by atoms with Gasteiger partial charge in [-0.05, 0) is 83.7 Å². The minimum absolute atomic E-state index is 0.0708. The van der Waals surface area contributed by atoms with Crippen LogP contribution < -0.4 is 0 Å². The number of aliphatic hydroxyl groups excluding tert-OH is 1. The van der Waals surface area contributed by atoms with Crippen molar-refractivity contribution in [3.8, 4) is 0 Å². The van der Waals surface area contributed by atoms with Crippen LogP contribution in [0.15, 0.2) is 0 Å². The summed E-state index contributed by atoms with van der Waals surface area (Å²) in [4.78, 5) is 59.6. The Labute approximate surface area is 346 Å². The van der Waals surface area contributed by atoms with Crippen molar-refractivity contribution in [1.29, 1.82) is 0 Å². The fourth-order valence-electron chi connectivity index (χ4n) is 5.35. The van der Waals surface area contributed by atoms with Crippen LogP contribution in [-0.2, 0) is 63.5 Å². The standard InChI is InChI=1S/C29H68B3O21P5/c1-9-26(5,13-15-45-55(37,38)52-28(7,11-3)17-23(30)20-47-54(34,35)36)50-57(41,42)48-21-24(31)18-29(8,12-4)53-56(39,40)46-16-14-27(6,10-2)51-58(43,44)49-22-25(32)19-33/h23-25,33H,9-22,30-32H2,1-8H3,(H,37,38)(H,39,40)(H,41,42)(H,43,44)(H2,34,35,36). The molecule has 0 amide bonds. The number of rotatable bonds is 34. The van der Waals surface area contributed by atoms with Gasteiger partial charge in [-0.25, -0.2) is 22.8 Å². The first-order valence-corrected chi connectivity index (χ1v) is 26.7. The van der Waals surface area contributed by atoms with Crippen LogP contribution >= 0.6 is 39.1 Å². The van der Waals surface area contributed by atoms with E-state index in [2.05, 4.69) is 4.52 Å². The van der Waals surface area contributed by atoms with Crippen molar-refractivity contribution in [2.45, 2.75) is 147 Å². The zero-order chi connectivity index (χ0) is 45.5.